The molecule has 33 heavy (non-hydrogen) atoms. The zero-order valence-corrected chi connectivity index (χ0v) is 20.3. The van der Waals surface area contributed by atoms with E-state index in [1.165, 1.54) is 22.9 Å². The zero-order valence-electron chi connectivity index (χ0n) is 18.7. The number of nitrogens with zero attached hydrogens (tertiary/aromatic N) is 2. The van der Waals surface area contributed by atoms with Crippen LogP contribution in [-0.4, -0.2) is 76.0 Å². The fourth-order valence-corrected chi connectivity index (χ4v) is 6.08. The van der Waals surface area contributed by atoms with Gasteiger partial charge in [0, 0.05) is 38.0 Å². The quantitative estimate of drug-likeness (QED) is 0.368. The number of carbonyl (C=O) groups excluding carboxylic acids is 2. The summed E-state index contributed by atoms with van der Waals surface area (Å²) in [5.41, 5.74) is 0.211. The molecule has 0 atom stereocenters. The lowest BCUT2D eigenvalue weighted by Crippen LogP contribution is -2.50. The highest BCUT2D eigenvalue weighted by Gasteiger charge is 2.31. The van der Waals surface area contributed by atoms with Crippen LogP contribution in [0.4, 0.5) is 0 Å². The molecule has 1 aromatic heterocycles. The first-order chi connectivity index (χ1) is 15.8. The molecule has 180 valence electrons. The molecule has 0 spiro atoms. The van der Waals surface area contributed by atoms with E-state index in [1.54, 1.807) is 4.90 Å². The van der Waals surface area contributed by atoms with E-state index in [-0.39, 0.29) is 28.8 Å². The predicted molar refractivity (Wildman–Crippen MR) is 123 cm³/mol. The van der Waals surface area contributed by atoms with Crippen LogP contribution in [0.15, 0.2) is 39.9 Å². The lowest BCUT2D eigenvalue weighted by atomic mass is 10.2. The van der Waals surface area contributed by atoms with Crippen LogP contribution < -0.4 is 9.47 Å². The van der Waals surface area contributed by atoms with E-state index in [0.717, 1.165) is 17.1 Å². The number of hydrogen-bond acceptors (Lipinski definition) is 8. The number of carbonyl (C=O) groups is 2. The number of amides is 1. The molecule has 11 heteroatoms. The van der Waals surface area contributed by atoms with Crippen molar-refractivity contribution in [2.45, 2.75) is 24.0 Å². The average molecular weight is 497 g/mol. The molecule has 2 heterocycles. The predicted octanol–water partition coefficient (Wildman–Crippen LogP) is 2.63. The Labute approximate surface area is 197 Å². The van der Waals surface area contributed by atoms with Gasteiger partial charge in [-0.3, -0.25) is 4.79 Å². The van der Waals surface area contributed by atoms with Gasteiger partial charge < -0.3 is 19.1 Å². The van der Waals surface area contributed by atoms with E-state index in [2.05, 4.69) is 4.74 Å². The van der Waals surface area contributed by atoms with Crippen molar-refractivity contribution in [3.63, 3.8) is 0 Å². The van der Waals surface area contributed by atoms with Crippen LogP contribution >= 0.6 is 11.3 Å². The first-order valence-electron chi connectivity index (χ1n) is 10.7. The Kier molecular flexibility index (Phi) is 8.70. The van der Waals surface area contributed by atoms with E-state index in [1.807, 2.05) is 31.2 Å². The van der Waals surface area contributed by atoms with Crippen LogP contribution in [0.25, 0.3) is 0 Å². The molecule has 2 aromatic rings. The van der Waals surface area contributed by atoms with Gasteiger partial charge in [0.15, 0.2) is 0 Å². The Hall–Kier alpha value is -2.63. The number of benzene rings is 1. The third kappa shape index (κ3) is 6.46. The maximum Gasteiger partial charge on any atom is 0.338 e. The van der Waals surface area contributed by atoms with Crippen molar-refractivity contribution in [3.05, 3.63) is 41.3 Å². The van der Waals surface area contributed by atoms with Gasteiger partial charge in [-0.2, -0.15) is 4.31 Å². The Morgan fingerprint density at radius 2 is 1.67 bits per heavy atom. The van der Waals surface area contributed by atoms with E-state index >= 15 is 0 Å². The van der Waals surface area contributed by atoms with Crippen LogP contribution in [0, 0.1) is 0 Å². The van der Waals surface area contributed by atoms with Gasteiger partial charge in [0.1, 0.15) is 15.7 Å². The van der Waals surface area contributed by atoms with Gasteiger partial charge in [0.2, 0.25) is 5.91 Å². The molecule has 0 bridgehead atoms. The third-order valence-corrected chi connectivity index (χ3v) is 8.43. The number of esters is 1. The van der Waals surface area contributed by atoms with E-state index in [4.69, 9.17) is 9.47 Å². The monoisotopic (exact) mass is 496 g/mol. The molecular weight excluding hydrogens is 468 g/mol. The summed E-state index contributed by atoms with van der Waals surface area (Å²) < 4.78 is 42.8. The molecule has 3 rings (SSSR count). The summed E-state index contributed by atoms with van der Waals surface area (Å²) in [5.74, 6) is 0.902. The molecule has 1 fully saturated rings. The summed E-state index contributed by atoms with van der Waals surface area (Å²) in [6.07, 6.45) is 0.896. The Balaban J connectivity index is 1.42. The Morgan fingerprint density at radius 1 is 1.03 bits per heavy atom. The average Bonchev–Trinajstić information content (AvgIpc) is 3.34. The second kappa shape index (κ2) is 11.5. The van der Waals surface area contributed by atoms with Crippen LogP contribution in [0.1, 0.15) is 30.1 Å². The first-order valence-corrected chi connectivity index (χ1v) is 13.0. The summed E-state index contributed by atoms with van der Waals surface area (Å²) in [4.78, 5) is 25.8. The standard InChI is InChI=1S/C22H28N2O7S2/c1-3-30-18-6-8-19(9-7-18)31-14-4-5-20(25)23-10-12-24(13-11-23)33(27,28)21-15-17(16-32-21)22(26)29-2/h6-9,15-16H,3-5,10-14H2,1-2H3. The molecule has 0 N–H and O–H groups in total. The number of ether oxygens (including phenoxy) is 3. The first kappa shape index (κ1) is 25.0. The summed E-state index contributed by atoms with van der Waals surface area (Å²) in [6.45, 7) is 4.01. The summed E-state index contributed by atoms with van der Waals surface area (Å²) >= 11 is 0.984. The van der Waals surface area contributed by atoms with Crippen molar-refractivity contribution in [2.75, 3.05) is 46.5 Å². The molecule has 0 saturated carbocycles. The number of rotatable bonds is 10. The van der Waals surface area contributed by atoms with Crippen LogP contribution in [0.5, 0.6) is 11.5 Å². The summed E-state index contributed by atoms with van der Waals surface area (Å²) in [7, 11) is -2.47. The van der Waals surface area contributed by atoms with Crippen molar-refractivity contribution in [1.29, 1.82) is 0 Å². The number of piperazine rings is 1. The van der Waals surface area contributed by atoms with Crippen LogP contribution in [0.3, 0.4) is 0 Å². The number of thiophene rings is 1. The smallest absolute Gasteiger partial charge is 0.338 e. The van der Waals surface area contributed by atoms with Gasteiger partial charge in [-0.05, 0) is 43.7 Å². The van der Waals surface area contributed by atoms with Crippen LogP contribution in [-0.2, 0) is 19.6 Å². The van der Waals surface area contributed by atoms with Crippen LogP contribution in [0.2, 0.25) is 0 Å². The molecule has 0 aliphatic carbocycles. The van der Waals surface area contributed by atoms with Crippen molar-refractivity contribution in [2.24, 2.45) is 0 Å². The lowest BCUT2D eigenvalue weighted by molar-refractivity contribution is -0.132. The maximum absolute atomic E-state index is 12.8. The van der Waals surface area contributed by atoms with Gasteiger partial charge in [-0.15, -0.1) is 11.3 Å². The van der Waals surface area contributed by atoms with Gasteiger partial charge in [-0.1, -0.05) is 0 Å². The minimum absolute atomic E-state index is 0.0218. The third-order valence-electron chi connectivity index (χ3n) is 5.12. The molecule has 1 saturated heterocycles. The highest BCUT2D eigenvalue weighted by molar-refractivity contribution is 7.91. The van der Waals surface area contributed by atoms with E-state index in [0.29, 0.717) is 44.9 Å². The van der Waals surface area contributed by atoms with Crippen molar-refractivity contribution < 1.29 is 32.2 Å². The van der Waals surface area contributed by atoms with Gasteiger partial charge >= 0.3 is 5.97 Å². The number of sulfonamides is 1. The normalized spacial score (nSPS) is 14.7. The highest BCUT2D eigenvalue weighted by atomic mass is 32.2. The molecule has 9 nitrogen and oxygen atoms in total. The van der Waals surface area contributed by atoms with Gasteiger partial charge in [0.05, 0.1) is 25.9 Å². The Bertz CT molecular complexity index is 1040. The maximum atomic E-state index is 12.8. The van der Waals surface area contributed by atoms with Gasteiger partial charge in [-0.25, -0.2) is 13.2 Å². The van der Waals surface area contributed by atoms with E-state index in [9.17, 15) is 18.0 Å². The topological polar surface area (TPSA) is 102 Å². The minimum atomic E-state index is -3.71. The molecular formula is C22H28N2O7S2. The molecule has 0 radical (unpaired) electrons. The summed E-state index contributed by atoms with van der Waals surface area (Å²) in [6, 6.07) is 8.66. The van der Waals surface area contributed by atoms with E-state index < -0.39 is 16.0 Å². The number of methoxy groups -OCH3 is 1. The zero-order chi connectivity index (χ0) is 23.8. The van der Waals surface area contributed by atoms with Crippen molar-refractivity contribution >= 4 is 33.2 Å². The van der Waals surface area contributed by atoms with Crippen molar-refractivity contribution in [1.82, 2.24) is 9.21 Å². The summed E-state index contributed by atoms with van der Waals surface area (Å²) in [5, 5.41) is 1.47. The molecule has 0 unspecified atom stereocenters. The molecule has 1 aliphatic rings. The SMILES string of the molecule is CCOc1ccc(OCCCC(=O)N2CCN(S(=O)(=O)c3cc(C(=O)OC)cs3)CC2)cc1. The molecule has 1 aromatic carbocycles. The fraction of sp³-hybridized carbons (Fsp3) is 0.455. The fourth-order valence-electron chi connectivity index (χ4n) is 3.35. The molecule has 1 amide bonds. The lowest BCUT2D eigenvalue weighted by Gasteiger charge is -2.33. The highest BCUT2D eigenvalue weighted by Crippen LogP contribution is 2.25. The molecule has 1 aliphatic heterocycles. The van der Waals surface area contributed by atoms with Gasteiger partial charge in [0.25, 0.3) is 10.0 Å². The Morgan fingerprint density at radius 3 is 2.27 bits per heavy atom. The minimum Gasteiger partial charge on any atom is -0.494 e. The largest absolute Gasteiger partial charge is 0.494 e. The second-order valence-corrected chi connectivity index (χ2v) is 10.4. The number of hydrogen-bond donors (Lipinski definition) is 0. The van der Waals surface area contributed by atoms with Crippen molar-refractivity contribution in [3.8, 4) is 11.5 Å². The second-order valence-electron chi connectivity index (χ2n) is 7.29.